The van der Waals surface area contributed by atoms with Crippen LogP contribution in [0.5, 0.6) is 5.75 Å². The van der Waals surface area contributed by atoms with Crippen molar-refractivity contribution < 1.29 is 13.9 Å². The molecule has 1 amide bonds. The van der Waals surface area contributed by atoms with Gasteiger partial charge in [-0.2, -0.15) is 5.10 Å². The van der Waals surface area contributed by atoms with E-state index in [1.165, 1.54) is 6.07 Å². The predicted octanol–water partition coefficient (Wildman–Crippen LogP) is 1.99. The molecule has 0 spiro atoms. The number of aromatic nitrogens is 5. The minimum atomic E-state index is -0.438. The van der Waals surface area contributed by atoms with E-state index in [0.29, 0.717) is 12.2 Å². The van der Waals surface area contributed by atoms with Gasteiger partial charge in [-0.05, 0) is 31.0 Å². The highest BCUT2D eigenvalue weighted by Crippen LogP contribution is 2.17. The van der Waals surface area contributed by atoms with Gasteiger partial charge in [0.25, 0.3) is 5.91 Å². The fraction of sp³-hybridized carbons (Fsp3) is 0.333. The molecule has 4 rings (SSSR count). The lowest BCUT2D eigenvalue weighted by atomic mass is 10.2. The van der Waals surface area contributed by atoms with Crippen molar-refractivity contribution in [1.29, 1.82) is 0 Å². The molecular formula is C18H19FN6O2. The van der Waals surface area contributed by atoms with E-state index in [4.69, 9.17) is 4.74 Å². The predicted molar refractivity (Wildman–Crippen MR) is 93.4 cm³/mol. The second-order valence-electron chi connectivity index (χ2n) is 6.32. The highest BCUT2D eigenvalue weighted by Gasteiger charge is 2.17. The fourth-order valence-corrected chi connectivity index (χ4v) is 3.02. The molecule has 1 aliphatic heterocycles. The van der Waals surface area contributed by atoms with Gasteiger partial charge in [-0.3, -0.25) is 9.89 Å². The van der Waals surface area contributed by atoms with Crippen molar-refractivity contribution in [3.05, 3.63) is 59.2 Å². The van der Waals surface area contributed by atoms with Gasteiger partial charge in [0.15, 0.2) is 17.4 Å². The lowest BCUT2D eigenvalue weighted by Crippen LogP contribution is -2.26. The van der Waals surface area contributed by atoms with Gasteiger partial charge in [0.1, 0.15) is 18.1 Å². The Kier molecular flexibility index (Phi) is 4.82. The average molecular weight is 370 g/mol. The maximum Gasteiger partial charge on any atom is 0.272 e. The van der Waals surface area contributed by atoms with Gasteiger partial charge in [-0.1, -0.05) is 12.1 Å². The van der Waals surface area contributed by atoms with Crippen molar-refractivity contribution in [2.24, 2.45) is 0 Å². The molecule has 1 aliphatic rings. The maximum absolute atomic E-state index is 13.6. The number of nitrogens with zero attached hydrogens (tertiary/aromatic N) is 4. The van der Waals surface area contributed by atoms with Gasteiger partial charge in [0.2, 0.25) is 0 Å². The summed E-state index contributed by atoms with van der Waals surface area (Å²) in [7, 11) is 0. The van der Waals surface area contributed by atoms with Crippen LogP contribution in [0.25, 0.3) is 0 Å². The monoisotopic (exact) mass is 370 g/mol. The molecule has 0 aliphatic carbocycles. The highest BCUT2D eigenvalue weighted by molar-refractivity contribution is 5.92. The second-order valence-corrected chi connectivity index (χ2v) is 6.32. The van der Waals surface area contributed by atoms with Crippen LogP contribution in [-0.4, -0.2) is 30.9 Å². The number of halogens is 1. The van der Waals surface area contributed by atoms with Crippen molar-refractivity contribution in [2.45, 2.75) is 39.0 Å². The summed E-state index contributed by atoms with van der Waals surface area (Å²) in [4.78, 5) is 12.3. The van der Waals surface area contributed by atoms with Crippen molar-refractivity contribution in [3.63, 3.8) is 0 Å². The van der Waals surface area contributed by atoms with E-state index in [2.05, 4.69) is 30.3 Å². The number of benzene rings is 1. The Hall–Kier alpha value is -3.23. The van der Waals surface area contributed by atoms with Crippen LogP contribution in [0.1, 0.15) is 40.7 Å². The number of aryl methyl sites for hydroxylation is 1. The number of hydrogen-bond donors (Lipinski definition) is 2. The molecule has 0 unspecified atom stereocenters. The quantitative estimate of drug-likeness (QED) is 0.691. The molecule has 1 aromatic carbocycles. The van der Waals surface area contributed by atoms with E-state index < -0.39 is 5.82 Å². The molecule has 8 nitrogen and oxygen atoms in total. The molecule has 3 aromatic rings. The molecule has 0 radical (unpaired) electrons. The number of ether oxygens (including phenoxy) is 1. The molecule has 0 saturated heterocycles. The number of amides is 1. The molecule has 0 fully saturated rings. The number of rotatable bonds is 6. The minimum absolute atomic E-state index is 0.0822. The van der Waals surface area contributed by atoms with E-state index in [1.54, 1.807) is 24.3 Å². The number of hydrogen-bond acceptors (Lipinski definition) is 5. The lowest BCUT2D eigenvalue weighted by Gasteiger charge is -2.14. The van der Waals surface area contributed by atoms with Crippen LogP contribution in [0.4, 0.5) is 4.39 Å². The SMILES string of the molecule is O=C(NCc1nnc2n1CCCC2)c1cc(COc2ccccc2F)[nH]n1. The summed E-state index contributed by atoms with van der Waals surface area (Å²) in [6, 6.07) is 7.72. The number of nitrogens with one attached hydrogen (secondary N) is 2. The Balaban J connectivity index is 1.33. The zero-order valence-electron chi connectivity index (χ0n) is 14.6. The third-order valence-electron chi connectivity index (χ3n) is 4.43. The van der Waals surface area contributed by atoms with Gasteiger partial charge < -0.3 is 14.6 Å². The van der Waals surface area contributed by atoms with Crippen LogP contribution in [0.2, 0.25) is 0 Å². The smallest absolute Gasteiger partial charge is 0.272 e. The van der Waals surface area contributed by atoms with Gasteiger partial charge in [0, 0.05) is 13.0 Å². The number of para-hydroxylation sites is 1. The van der Waals surface area contributed by atoms with Crippen LogP contribution in [0, 0.1) is 5.82 Å². The van der Waals surface area contributed by atoms with Gasteiger partial charge in [0.05, 0.1) is 12.2 Å². The minimum Gasteiger partial charge on any atom is -0.484 e. The number of carbonyl (C=O) groups is 1. The molecule has 2 aromatic heterocycles. The average Bonchev–Trinajstić information content (AvgIpc) is 3.33. The summed E-state index contributed by atoms with van der Waals surface area (Å²) in [5, 5.41) is 17.8. The standard InChI is InChI=1S/C18H19FN6O2/c19-13-5-1-2-6-15(13)27-11-12-9-14(22-21-12)18(26)20-10-17-24-23-16-7-3-4-8-25(16)17/h1-2,5-6,9H,3-4,7-8,10-11H2,(H,20,26)(H,21,22). The zero-order chi connectivity index (χ0) is 18.6. The normalized spacial score (nSPS) is 13.2. The van der Waals surface area contributed by atoms with E-state index in [9.17, 15) is 9.18 Å². The second kappa shape index (κ2) is 7.56. The topological polar surface area (TPSA) is 97.7 Å². The van der Waals surface area contributed by atoms with E-state index in [-0.39, 0.29) is 24.0 Å². The molecule has 0 saturated carbocycles. The van der Waals surface area contributed by atoms with Crippen molar-refractivity contribution in [3.8, 4) is 5.75 Å². The van der Waals surface area contributed by atoms with Gasteiger partial charge in [-0.25, -0.2) is 4.39 Å². The molecule has 0 bridgehead atoms. The summed E-state index contributed by atoms with van der Waals surface area (Å²) in [6.45, 7) is 1.26. The molecule has 0 atom stereocenters. The first-order valence-corrected chi connectivity index (χ1v) is 8.81. The highest BCUT2D eigenvalue weighted by atomic mass is 19.1. The first-order valence-electron chi connectivity index (χ1n) is 8.81. The van der Waals surface area contributed by atoms with Crippen molar-refractivity contribution >= 4 is 5.91 Å². The van der Waals surface area contributed by atoms with Crippen LogP contribution < -0.4 is 10.1 Å². The molecule has 3 heterocycles. The maximum atomic E-state index is 13.6. The first kappa shape index (κ1) is 17.2. The van der Waals surface area contributed by atoms with Crippen LogP contribution in [0.15, 0.2) is 30.3 Å². The summed E-state index contributed by atoms with van der Waals surface area (Å²) < 4.78 is 21.0. The van der Waals surface area contributed by atoms with Crippen LogP contribution in [-0.2, 0) is 26.1 Å². The van der Waals surface area contributed by atoms with Crippen LogP contribution in [0.3, 0.4) is 0 Å². The van der Waals surface area contributed by atoms with E-state index in [0.717, 1.165) is 37.5 Å². The first-order chi connectivity index (χ1) is 13.2. The van der Waals surface area contributed by atoms with Gasteiger partial charge in [-0.15, -0.1) is 10.2 Å². The Bertz CT molecular complexity index is 951. The van der Waals surface area contributed by atoms with Crippen LogP contribution >= 0.6 is 0 Å². The number of aromatic amines is 1. The van der Waals surface area contributed by atoms with E-state index in [1.807, 2.05) is 0 Å². The number of H-pyrrole nitrogens is 1. The molecular weight excluding hydrogens is 351 g/mol. The summed E-state index contributed by atoms with van der Waals surface area (Å²) in [6.07, 6.45) is 3.14. The van der Waals surface area contributed by atoms with E-state index >= 15 is 0 Å². The van der Waals surface area contributed by atoms with Crippen molar-refractivity contribution in [2.75, 3.05) is 0 Å². The molecule has 9 heteroatoms. The number of fused-ring (bicyclic) bond motifs is 1. The third-order valence-corrected chi connectivity index (χ3v) is 4.43. The summed E-state index contributed by atoms with van der Waals surface area (Å²) >= 11 is 0. The largest absolute Gasteiger partial charge is 0.484 e. The Morgan fingerprint density at radius 1 is 1.30 bits per heavy atom. The Morgan fingerprint density at radius 3 is 3.07 bits per heavy atom. The summed E-state index contributed by atoms with van der Waals surface area (Å²) in [5.74, 6) is 1.10. The molecule has 27 heavy (non-hydrogen) atoms. The lowest BCUT2D eigenvalue weighted by molar-refractivity contribution is 0.0944. The summed E-state index contributed by atoms with van der Waals surface area (Å²) in [5.41, 5.74) is 0.809. The zero-order valence-corrected chi connectivity index (χ0v) is 14.6. The fourth-order valence-electron chi connectivity index (χ4n) is 3.02. The third kappa shape index (κ3) is 3.81. The molecule has 140 valence electrons. The number of carbonyl (C=O) groups excluding carboxylic acids is 1. The molecule has 2 N–H and O–H groups in total. The Labute approximate surface area is 154 Å². The van der Waals surface area contributed by atoms with Gasteiger partial charge >= 0.3 is 0 Å². The Morgan fingerprint density at radius 2 is 2.19 bits per heavy atom. The van der Waals surface area contributed by atoms with Crippen molar-refractivity contribution in [1.82, 2.24) is 30.3 Å².